The van der Waals surface area contributed by atoms with E-state index in [1.807, 2.05) is 30.3 Å². The Kier molecular flexibility index (Phi) is 6.92. The number of sulfonamides is 1. The summed E-state index contributed by atoms with van der Waals surface area (Å²) < 4.78 is 46.1. The molecule has 1 aliphatic rings. The van der Waals surface area contributed by atoms with Gasteiger partial charge in [0.25, 0.3) is 10.0 Å². The van der Waals surface area contributed by atoms with Crippen molar-refractivity contribution in [1.29, 1.82) is 0 Å². The number of carbonyl (C=O) groups is 1. The van der Waals surface area contributed by atoms with E-state index in [4.69, 9.17) is 4.74 Å². The molecule has 0 unspecified atom stereocenters. The zero-order valence-electron chi connectivity index (χ0n) is 17.9. The molecule has 0 fully saturated rings. The van der Waals surface area contributed by atoms with E-state index >= 15 is 0 Å². The molecule has 1 atom stereocenters. The number of ether oxygens (including phenoxy) is 1. The zero-order valence-corrected chi connectivity index (χ0v) is 19.6. The van der Waals surface area contributed by atoms with E-state index < -0.39 is 16.1 Å². The summed E-state index contributed by atoms with van der Waals surface area (Å²) in [7, 11) is -2.22. The Morgan fingerprint density at radius 2 is 1.82 bits per heavy atom. The first-order chi connectivity index (χ1) is 15.9. The Labute approximate surface area is 196 Å². The Balaban J connectivity index is 1.70. The van der Waals surface area contributed by atoms with E-state index in [-0.39, 0.29) is 35.6 Å². The normalized spacial score (nSPS) is 18.5. The minimum Gasteiger partial charge on any atom is -0.497 e. The Morgan fingerprint density at radius 3 is 2.45 bits per heavy atom. The van der Waals surface area contributed by atoms with Gasteiger partial charge in [0.05, 0.1) is 19.7 Å². The quantitative estimate of drug-likeness (QED) is 0.489. The molecule has 3 aromatic rings. The van der Waals surface area contributed by atoms with Gasteiger partial charge in [0.1, 0.15) is 15.8 Å². The second-order valence-electron chi connectivity index (χ2n) is 7.52. The van der Waals surface area contributed by atoms with Crippen molar-refractivity contribution < 1.29 is 22.3 Å². The number of nitrogens with zero attached hydrogens (tertiary/aromatic N) is 2. The SMILES string of the molecule is COc1ccc([C@H]2/C=C\CN(S(=O)(=O)c3cccs3)CC(=O)N2Cc2ccc(F)cc2)cc1. The highest BCUT2D eigenvalue weighted by molar-refractivity contribution is 7.91. The molecular formula is C24H23FN2O4S2. The fraction of sp³-hybridized carbons (Fsp3) is 0.208. The van der Waals surface area contributed by atoms with Crippen LogP contribution in [0.25, 0.3) is 0 Å². The van der Waals surface area contributed by atoms with Crippen LogP contribution in [0.1, 0.15) is 17.2 Å². The number of thiophene rings is 1. The second-order valence-corrected chi connectivity index (χ2v) is 10.6. The van der Waals surface area contributed by atoms with Crippen LogP contribution in [-0.4, -0.2) is 43.7 Å². The minimum atomic E-state index is -3.80. The molecule has 9 heteroatoms. The van der Waals surface area contributed by atoms with E-state index in [1.165, 1.54) is 22.5 Å². The first-order valence-corrected chi connectivity index (χ1v) is 12.6. The molecule has 2 aromatic carbocycles. The van der Waals surface area contributed by atoms with Crippen LogP contribution in [0.15, 0.2) is 82.4 Å². The lowest BCUT2D eigenvalue weighted by atomic mass is 10.0. The summed E-state index contributed by atoms with van der Waals surface area (Å²) in [6.45, 7) is -0.00548. The van der Waals surface area contributed by atoms with Gasteiger partial charge in [0.2, 0.25) is 5.91 Å². The summed E-state index contributed by atoms with van der Waals surface area (Å²) in [4.78, 5) is 15.1. The fourth-order valence-electron chi connectivity index (χ4n) is 3.66. The number of benzene rings is 2. The Bertz CT molecular complexity index is 1220. The molecule has 1 amide bonds. The van der Waals surface area contributed by atoms with Crippen LogP contribution >= 0.6 is 11.3 Å². The van der Waals surface area contributed by atoms with Crippen molar-refractivity contribution in [3.63, 3.8) is 0 Å². The first-order valence-electron chi connectivity index (χ1n) is 10.3. The van der Waals surface area contributed by atoms with Gasteiger partial charge in [-0.1, -0.05) is 42.5 Å². The second kappa shape index (κ2) is 9.86. The molecule has 1 aromatic heterocycles. The summed E-state index contributed by atoms with van der Waals surface area (Å²) in [5.41, 5.74) is 1.60. The molecule has 0 bridgehead atoms. The van der Waals surface area contributed by atoms with Crippen LogP contribution in [0.3, 0.4) is 0 Å². The van der Waals surface area contributed by atoms with Gasteiger partial charge in [0, 0.05) is 13.1 Å². The molecule has 1 aliphatic heterocycles. The average Bonchev–Trinajstić information content (AvgIpc) is 3.36. The maximum atomic E-state index is 13.5. The third-order valence-corrected chi connectivity index (χ3v) is 8.59. The van der Waals surface area contributed by atoms with Crippen molar-refractivity contribution in [3.05, 3.63) is 95.1 Å². The summed E-state index contributed by atoms with van der Waals surface area (Å²) in [5.74, 6) is -0.0135. The number of hydrogen-bond donors (Lipinski definition) is 0. The summed E-state index contributed by atoms with van der Waals surface area (Å²) in [6.07, 6.45) is 3.60. The molecular weight excluding hydrogens is 463 g/mol. The van der Waals surface area contributed by atoms with E-state index in [0.717, 1.165) is 22.5 Å². The maximum Gasteiger partial charge on any atom is 0.253 e. The van der Waals surface area contributed by atoms with E-state index in [2.05, 4.69) is 0 Å². The predicted molar refractivity (Wildman–Crippen MR) is 125 cm³/mol. The molecule has 4 rings (SSSR count). The van der Waals surface area contributed by atoms with Gasteiger partial charge in [-0.15, -0.1) is 11.3 Å². The molecule has 172 valence electrons. The van der Waals surface area contributed by atoms with Crippen molar-refractivity contribution >= 4 is 27.3 Å². The zero-order chi connectivity index (χ0) is 23.4. The lowest BCUT2D eigenvalue weighted by molar-refractivity contribution is -0.133. The monoisotopic (exact) mass is 486 g/mol. The smallest absolute Gasteiger partial charge is 0.253 e. The van der Waals surface area contributed by atoms with Crippen LogP contribution in [0, 0.1) is 5.82 Å². The summed E-state index contributed by atoms with van der Waals surface area (Å²) in [5, 5.41) is 1.69. The fourth-order valence-corrected chi connectivity index (χ4v) is 6.14. The number of carbonyl (C=O) groups excluding carboxylic acids is 1. The van der Waals surface area contributed by atoms with E-state index in [1.54, 1.807) is 41.7 Å². The Hall–Kier alpha value is -3.01. The van der Waals surface area contributed by atoms with Crippen molar-refractivity contribution in [2.24, 2.45) is 0 Å². The highest BCUT2D eigenvalue weighted by Gasteiger charge is 2.32. The van der Waals surface area contributed by atoms with Gasteiger partial charge in [0.15, 0.2) is 0 Å². The van der Waals surface area contributed by atoms with Crippen molar-refractivity contribution in [2.45, 2.75) is 16.8 Å². The molecule has 2 heterocycles. The van der Waals surface area contributed by atoms with Gasteiger partial charge in [-0.05, 0) is 46.8 Å². The van der Waals surface area contributed by atoms with Crippen LogP contribution < -0.4 is 4.74 Å². The molecule has 6 nitrogen and oxygen atoms in total. The largest absolute Gasteiger partial charge is 0.497 e. The summed E-state index contributed by atoms with van der Waals surface area (Å²) >= 11 is 1.12. The molecule has 0 spiro atoms. The summed E-state index contributed by atoms with van der Waals surface area (Å²) in [6, 6.07) is 16.1. The standard InChI is InChI=1S/C24H23FN2O4S2/c1-31-21-12-8-19(9-13-21)22-4-2-14-26(33(29,30)24-5-3-15-32-24)17-23(28)27(22)16-18-6-10-20(25)11-7-18/h2-13,15,22H,14,16-17H2,1H3/b4-2-/t22-/m1/s1. The lowest BCUT2D eigenvalue weighted by Crippen LogP contribution is -2.45. The van der Waals surface area contributed by atoms with Crippen LogP contribution in [0.2, 0.25) is 0 Å². The molecule has 33 heavy (non-hydrogen) atoms. The molecule has 0 saturated carbocycles. The highest BCUT2D eigenvalue weighted by Crippen LogP contribution is 2.29. The predicted octanol–water partition coefficient (Wildman–Crippen LogP) is 4.23. The van der Waals surface area contributed by atoms with Crippen molar-refractivity contribution in [2.75, 3.05) is 20.2 Å². The third kappa shape index (κ3) is 5.16. The van der Waals surface area contributed by atoms with Crippen LogP contribution in [0.4, 0.5) is 4.39 Å². The number of methoxy groups -OCH3 is 1. The average molecular weight is 487 g/mol. The minimum absolute atomic E-state index is 0.0863. The van der Waals surface area contributed by atoms with Gasteiger partial charge in [-0.25, -0.2) is 12.8 Å². The topological polar surface area (TPSA) is 66.9 Å². The van der Waals surface area contributed by atoms with Crippen molar-refractivity contribution in [3.8, 4) is 5.75 Å². The number of rotatable bonds is 6. The van der Waals surface area contributed by atoms with Gasteiger partial charge < -0.3 is 9.64 Å². The van der Waals surface area contributed by atoms with Gasteiger partial charge in [-0.2, -0.15) is 4.31 Å². The molecule has 0 saturated heterocycles. The maximum absolute atomic E-state index is 13.5. The van der Waals surface area contributed by atoms with Gasteiger partial charge >= 0.3 is 0 Å². The molecule has 0 aliphatic carbocycles. The third-order valence-electron chi connectivity index (χ3n) is 5.41. The van der Waals surface area contributed by atoms with Gasteiger partial charge in [-0.3, -0.25) is 4.79 Å². The van der Waals surface area contributed by atoms with E-state index in [0.29, 0.717) is 5.75 Å². The van der Waals surface area contributed by atoms with Crippen LogP contribution in [0.5, 0.6) is 5.75 Å². The number of halogens is 1. The van der Waals surface area contributed by atoms with E-state index in [9.17, 15) is 17.6 Å². The molecule has 0 radical (unpaired) electrons. The number of amides is 1. The number of hydrogen-bond acceptors (Lipinski definition) is 5. The van der Waals surface area contributed by atoms with Crippen molar-refractivity contribution in [1.82, 2.24) is 9.21 Å². The highest BCUT2D eigenvalue weighted by atomic mass is 32.2. The Morgan fingerprint density at radius 1 is 1.09 bits per heavy atom. The lowest BCUT2D eigenvalue weighted by Gasteiger charge is -2.34. The van der Waals surface area contributed by atoms with Crippen LogP contribution in [-0.2, 0) is 21.4 Å². The first kappa shape index (κ1) is 23.2. The molecule has 0 N–H and O–H groups in total.